The summed E-state index contributed by atoms with van der Waals surface area (Å²) in [5.41, 5.74) is -0.0864. The summed E-state index contributed by atoms with van der Waals surface area (Å²) in [7, 11) is 0. The molecule has 4 nitrogen and oxygen atoms in total. The summed E-state index contributed by atoms with van der Waals surface area (Å²) in [6, 6.07) is 6.53. The molecule has 5 heteroatoms. The Morgan fingerprint density at radius 2 is 1.80 bits per heavy atom. The number of hydrogen-bond donors (Lipinski definition) is 0. The lowest BCUT2D eigenvalue weighted by molar-refractivity contribution is -0.149. The molecule has 110 valence electrons. The second-order valence-corrected chi connectivity index (χ2v) is 6.09. The summed E-state index contributed by atoms with van der Waals surface area (Å²) in [6.45, 7) is 6.23. The van der Waals surface area contributed by atoms with Crippen molar-refractivity contribution in [1.82, 2.24) is 0 Å². The Morgan fingerprint density at radius 3 is 2.40 bits per heavy atom. The summed E-state index contributed by atoms with van der Waals surface area (Å²) < 4.78 is 10.1. The molecule has 1 aromatic carbocycles. The molecule has 0 aliphatic carbocycles. The zero-order valence-corrected chi connectivity index (χ0v) is 12.7. The van der Waals surface area contributed by atoms with E-state index in [1.165, 1.54) is 6.07 Å². The molecule has 0 bridgehead atoms. The van der Waals surface area contributed by atoms with Gasteiger partial charge in [0.15, 0.2) is 0 Å². The van der Waals surface area contributed by atoms with Crippen LogP contribution in [0.4, 0.5) is 0 Å². The highest BCUT2D eigenvalue weighted by Crippen LogP contribution is 2.18. The normalized spacial score (nSPS) is 11.0. The van der Waals surface area contributed by atoms with Gasteiger partial charge in [-0.2, -0.15) is 0 Å². The highest BCUT2D eigenvalue weighted by atomic mass is 35.5. The van der Waals surface area contributed by atoms with Crippen LogP contribution in [0.2, 0.25) is 5.02 Å². The zero-order chi connectivity index (χ0) is 15.2. The molecule has 0 N–H and O–H groups in total. The molecule has 0 heterocycles. The van der Waals surface area contributed by atoms with Gasteiger partial charge in [0.1, 0.15) is 5.75 Å². The molecule has 0 saturated heterocycles. The van der Waals surface area contributed by atoms with Crippen LogP contribution in [0.3, 0.4) is 0 Å². The first-order valence-corrected chi connectivity index (χ1v) is 6.76. The molecule has 1 rings (SSSR count). The van der Waals surface area contributed by atoms with E-state index in [2.05, 4.69) is 0 Å². The van der Waals surface area contributed by atoms with E-state index in [1.807, 2.05) is 20.8 Å². The van der Waals surface area contributed by atoms with Gasteiger partial charge < -0.3 is 9.47 Å². The van der Waals surface area contributed by atoms with E-state index in [4.69, 9.17) is 21.1 Å². The van der Waals surface area contributed by atoms with Gasteiger partial charge in [-0.05, 0) is 23.6 Å². The second-order valence-electron chi connectivity index (χ2n) is 5.65. The number of benzene rings is 1. The second kappa shape index (κ2) is 7.29. The van der Waals surface area contributed by atoms with Crippen molar-refractivity contribution in [1.29, 1.82) is 0 Å². The maximum atomic E-state index is 11.6. The van der Waals surface area contributed by atoms with Crippen LogP contribution >= 0.6 is 11.6 Å². The SMILES string of the molecule is CC(C)(C)COC(=O)CCC(=O)Oc1cccc(Cl)c1. The fourth-order valence-electron chi connectivity index (χ4n) is 1.29. The van der Waals surface area contributed by atoms with Crippen molar-refractivity contribution in [3.63, 3.8) is 0 Å². The average molecular weight is 299 g/mol. The molecule has 0 radical (unpaired) electrons. The van der Waals surface area contributed by atoms with E-state index in [0.717, 1.165) is 0 Å². The monoisotopic (exact) mass is 298 g/mol. The van der Waals surface area contributed by atoms with E-state index < -0.39 is 11.9 Å². The molecule has 0 aliphatic rings. The molecule has 0 fully saturated rings. The van der Waals surface area contributed by atoms with Gasteiger partial charge >= 0.3 is 11.9 Å². The molecular formula is C15H19ClO4. The van der Waals surface area contributed by atoms with Gasteiger partial charge in [-0.15, -0.1) is 0 Å². The standard InChI is InChI=1S/C15H19ClO4/c1-15(2,3)10-19-13(17)7-8-14(18)20-12-6-4-5-11(16)9-12/h4-6,9H,7-8,10H2,1-3H3. The predicted octanol–water partition coefficient (Wildman–Crippen LogP) is 3.61. The maximum absolute atomic E-state index is 11.6. The molecule has 0 saturated carbocycles. The minimum atomic E-state index is -0.486. The Bertz CT molecular complexity index is 477. The van der Waals surface area contributed by atoms with Crippen LogP contribution < -0.4 is 4.74 Å². The smallest absolute Gasteiger partial charge is 0.311 e. The largest absolute Gasteiger partial charge is 0.465 e. The molecule has 0 unspecified atom stereocenters. The fourth-order valence-corrected chi connectivity index (χ4v) is 1.47. The number of esters is 2. The number of hydrogen-bond acceptors (Lipinski definition) is 4. The summed E-state index contributed by atoms with van der Waals surface area (Å²) in [4.78, 5) is 23.0. The van der Waals surface area contributed by atoms with Gasteiger partial charge in [0.25, 0.3) is 0 Å². The van der Waals surface area contributed by atoms with E-state index >= 15 is 0 Å². The Balaban J connectivity index is 2.31. The maximum Gasteiger partial charge on any atom is 0.311 e. The Hall–Kier alpha value is -1.55. The Kier molecular flexibility index (Phi) is 6.02. The van der Waals surface area contributed by atoms with Crippen LogP contribution in [0.25, 0.3) is 0 Å². The summed E-state index contributed by atoms with van der Waals surface area (Å²) in [5, 5.41) is 0.486. The van der Waals surface area contributed by atoms with Crippen molar-refractivity contribution >= 4 is 23.5 Å². The van der Waals surface area contributed by atoms with Crippen LogP contribution in [0, 0.1) is 5.41 Å². The first-order valence-electron chi connectivity index (χ1n) is 6.38. The van der Waals surface area contributed by atoms with Gasteiger partial charge in [-0.1, -0.05) is 38.4 Å². The van der Waals surface area contributed by atoms with Crippen molar-refractivity contribution in [3.05, 3.63) is 29.3 Å². The van der Waals surface area contributed by atoms with E-state index in [9.17, 15) is 9.59 Å². The van der Waals surface area contributed by atoms with Gasteiger partial charge in [0, 0.05) is 5.02 Å². The van der Waals surface area contributed by atoms with Crippen molar-refractivity contribution in [3.8, 4) is 5.75 Å². The lowest BCUT2D eigenvalue weighted by Gasteiger charge is -2.17. The highest BCUT2D eigenvalue weighted by Gasteiger charge is 2.15. The topological polar surface area (TPSA) is 52.6 Å². The van der Waals surface area contributed by atoms with E-state index in [0.29, 0.717) is 17.4 Å². The highest BCUT2D eigenvalue weighted by molar-refractivity contribution is 6.30. The zero-order valence-electron chi connectivity index (χ0n) is 11.9. The molecule has 0 amide bonds. The van der Waals surface area contributed by atoms with E-state index in [-0.39, 0.29) is 18.3 Å². The van der Waals surface area contributed by atoms with Crippen LogP contribution in [-0.4, -0.2) is 18.5 Å². The third-order valence-electron chi connectivity index (χ3n) is 2.23. The summed E-state index contributed by atoms with van der Waals surface area (Å²) in [5.74, 6) is -0.520. The predicted molar refractivity (Wildman–Crippen MR) is 76.7 cm³/mol. The number of ether oxygens (including phenoxy) is 2. The van der Waals surface area contributed by atoms with Crippen molar-refractivity contribution < 1.29 is 19.1 Å². The van der Waals surface area contributed by atoms with Crippen molar-refractivity contribution in [2.45, 2.75) is 33.6 Å². The van der Waals surface area contributed by atoms with Crippen LogP contribution in [-0.2, 0) is 14.3 Å². The Labute approximate surface area is 124 Å². The number of carbonyl (C=O) groups excluding carboxylic acids is 2. The molecule has 0 atom stereocenters. The minimum absolute atomic E-state index is 0.00940. The number of halogens is 1. The van der Waals surface area contributed by atoms with E-state index in [1.54, 1.807) is 18.2 Å². The first kappa shape index (κ1) is 16.5. The first-order chi connectivity index (χ1) is 9.26. The average Bonchev–Trinajstić information content (AvgIpc) is 2.33. The summed E-state index contributed by atoms with van der Waals surface area (Å²) >= 11 is 5.77. The lowest BCUT2D eigenvalue weighted by Crippen LogP contribution is -2.19. The number of carbonyl (C=O) groups is 2. The fraction of sp³-hybridized carbons (Fsp3) is 0.467. The molecule has 1 aromatic rings. The lowest BCUT2D eigenvalue weighted by atomic mass is 9.99. The third kappa shape index (κ3) is 7.14. The molecular weight excluding hydrogens is 280 g/mol. The van der Waals surface area contributed by atoms with Crippen LogP contribution in [0.5, 0.6) is 5.75 Å². The molecule has 20 heavy (non-hydrogen) atoms. The van der Waals surface area contributed by atoms with Crippen molar-refractivity contribution in [2.24, 2.45) is 5.41 Å². The molecule has 0 spiro atoms. The third-order valence-corrected chi connectivity index (χ3v) is 2.46. The van der Waals surface area contributed by atoms with Crippen LogP contribution in [0.1, 0.15) is 33.6 Å². The van der Waals surface area contributed by atoms with Gasteiger partial charge in [-0.3, -0.25) is 9.59 Å². The van der Waals surface area contributed by atoms with Gasteiger partial charge in [-0.25, -0.2) is 0 Å². The minimum Gasteiger partial charge on any atom is -0.465 e. The number of rotatable bonds is 5. The molecule has 0 aliphatic heterocycles. The van der Waals surface area contributed by atoms with Gasteiger partial charge in [0.05, 0.1) is 19.4 Å². The Morgan fingerprint density at radius 1 is 1.15 bits per heavy atom. The summed E-state index contributed by atoms with van der Waals surface area (Å²) in [6.07, 6.45) is -0.00896. The van der Waals surface area contributed by atoms with Crippen molar-refractivity contribution in [2.75, 3.05) is 6.61 Å². The van der Waals surface area contributed by atoms with Gasteiger partial charge in [0.2, 0.25) is 0 Å². The van der Waals surface area contributed by atoms with Crippen LogP contribution in [0.15, 0.2) is 24.3 Å². The molecule has 0 aromatic heterocycles. The quantitative estimate of drug-likeness (QED) is 0.615.